The van der Waals surface area contributed by atoms with Crippen LogP contribution in [0.4, 0.5) is 0 Å². The van der Waals surface area contributed by atoms with E-state index < -0.39 is 0 Å². The van der Waals surface area contributed by atoms with Crippen molar-refractivity contribution in [1.82, 2.24) is 9.80 Å². The molecule has 39 heavy (non-hydrogen) atoms. The first-order chi connectivity index (χ1) is 19.0. The van der Waals surface area contributed by atoms with Gasteiger partial charge in [0.05, 0.1) is 0 Å². The summed E-state index contributed by atoms with van der Waals surface area (Å²) in [6.45, 7) is 18.4. The first-order valence-electron chi connectivity index (χ1n) is 14.3. The molecule has 3 aromatic rings. The Morgan fingerprint density at radius 3 is 1.41 bits per heavy atom. The Kier molecular flexibility index (Phi) is 12.9. The molecule has 0 radical (unpaired) electrons. The molecule has 0 N–H and O–H groups in total. The minimum absolute atomic E-state index is 0.690. The van der Waals surface area contributed by atoms with Crippen LogP contribution in [0, 0.1) is 0 Å². The second-order valence-electron chi connectivity index (χ2n) is 9.76. The average Bonchev–Trinajstić information content (AvgIpc) is 2.96. The van der Waals surface area contributed by atoms with Gasteiger partial charge in [0.1, 0.15) is 24.7 Å². The Hall–Kier alpha value is -2.79. The number of halogens is 1. The summed E-state index contributed by atoms with van der Waals surface area (Å²) in [6, 6.07) is 25.1. The van der Waals surface area contributed by atoms with Crippen molar-refractivity contribution in [2.45, 2.75) is 41.0 Å². The van der Waals surface area contributed by atoms with Gasteiger partial charge < -0.3 is 19.3 Å². The van der Waals surface area contributed by atoms with Crippen LogP contribution in [0.3, 0.4) is 0 Å². The van der Waals surface area contributed by atoms with Gasteiger partial charge in [-0.2, -0.15) is 0 Å². The molecule has 4 nitrogen and oxygen atoms in total. The van der Waals surface area contributed by atoms with Gasteiger partial charge in [-0.25, -0.2) is 0 Å². The molecule has 3 rings (SSSR count). The standard InChI is InChI=1S/C34H45ClN2O2/c1-6-36(7-2)22-24-38-32-18-12-29(13-19-32)34(27(5)26-28-10-16-31(35)17-11-28)30-14-20-33(21-15-30)39-25-23-37(8-3)9-4/h10-21H,6-9,22-26H2,1-5H3. The second-order valence-corrected chi connectivity index (χ2v) is 10.2. The van der Waals surface area contributed by atoms with E-state index in [1.54, 1.807) is 0 Å². The zero-order chi connectivity index (χ0) is 28.0. The number of benzene rings is 3. The lowest BCUT2D eigenvalue weighted by Crippen LogP contribution is -2.27. The predicted molar refractivity (Wildman–Crippen MR) is 166 cm³/mol. The quantitative estimate of drug-likeness (QED) is 0.182. The summed E-state index contributed by atoms with van der Waals surface area (Å²) >= 11 is 6.13. The number of likely N-dealkylation sites (N-methyl/N-ethyl adjacent to an activating group) is 2. The number of ether oxygens (including phenoxy) is 2. The summed E-state index contributed by atoms with van der Waals surface area (Å²) in [7, 11) is 0. The van der Waals surface area contributed by atoms with Gasteiger partial charge in [0, 0.05) is 18.1 Å². The summed E-state index contributed by atoms with van der Waals surface area (Å²) in [6.07, 6.45) is 0.844. The van der Waals surface area contributed by atoms with E-state index in [1.807, 2.05) is 12.1 Å². The van der Waals surface area contributed by atoms with E-state index in [2.05, 4.69) is 105 Å². The fraction of sp³-hybridized carbons (Fsp3) is 0.412. The molecule has 0 unspecified atom stereocenters. The van der Waals surface area contributed by atoms with Gasteiger partial charge in [-0.05, 0) is 98.2 Å². The van der Waals surface area contributed by atoms with Gasteiger partial charge in [0.2, 0.25) is 0 Å². The van der Waals surface area contributed by atoms with Crippen LogP contribution in [-0.2, 0) is 6.42 Å². The monoisotopic (exact) mass is 548 g/mol. The van der Waals surface area contributed by atoms with Gasteiger partial charge in [-0.15, -0.1) is 0 Å². The highest BCUT2D eigenvalue weighted by atomic mass is 35.5. The molecule has 0 amide bonds. The normalized spacial score (nSPS) is 11.2. The molecule has 0 aliphatic heterocycles. The van der Waals surface area contributed by atoms with E-state index in [-0.39, 0.29) is 0 Å². The number of hydrogen-bond acceptors (Lipinski definition) is 4. The number of hydrogen-bond donors (Lipinski definition) is 0. The molecular weight excluding hydrogens is 504 g/mol. The minimum Gasteiger partial charge on any atom is -0.492 e. The Morgan fingerprint density at radius 1 is 0.615 bits per heavy atom. The van der Waals surface area contributed by atoms with Gasteiger partial charge in [0.25, 0.3) is 0 Å². The van der Waals surface area contributed by atoms with Crippen molar-refractivity contribution >= 4 is 17.2 Å². The molecule has 3 aromatic carbocycles. The lowest BCUT2D eigenvalue weighted by molar-refractivity contribution is 0.223. The maximum absolute atomic E-state index is 6.13. The molecule has 0 fully saturated rings. The molecule has 0 saturated heterocycles. The van der Waals surface area contributed by atoms with Gasteiger partial charge in [-0.1, -0.05) is 81.3 Å². The second kappa shape index (κ2) is 16.3. The SMILES string of the molecule is CCN(CC)CCOc1ccc(C(=C(C)Cc2ccc(Cl)cc2)c2ccc(OCCN(CC)CC)cc2)cc1. The van der Waals surface area contributed by atoms with Gasteiger partial charge >= 0.3 is 0 Å². The summed E-state index contributed by atoms with van der Waals surface area (Å²) in [5.41, 5.74) is 6.11. The Morgan fingerprint density at radius 2 is 1.03 bits per heavy atom. The Balaban J connectivity index is 1.80. The van der Waals surface area contributed by atoms with Crippen LogP contribution >= 0.6 is 11.6 Å². The summed E-state index contributed by atoms with van der Waals surface area (Å²) in [5.74, 6) is 1.80. The lowest BCUT2D eigenvalue weighted by Gasteiger charge is -2.19. The zero-order valence-electron chi connectivity index (χ0n) is 24.4. The van der Waals surface area contributed by atoms with Crippen molar-refractivity contribution in [1.29, 1.82) is 0 Å². The molecule has 0 heterocycles. The summed E-state index contributed by atoms with van der Waals surface area (Å²) < 4.78 is 12.1. The fourth-order valence-corrected chi connectivity index (χ4v) is 4.88. The van der Waals surface area contributed by atoms with Crippen molar-refractivity contribution in [2.24, 2.45) is 0 Å². The minimum atomic E-state index is 0.690. The molecule has 0 spiro atoms. The molecule has 0 aliphatic carbocycles. The third kappa shape index (κ3) is 9.72. The zero-order valence-corrected chi connectivity index (χ0v) is 25.1. The van der Waals surface area contributed by atoms with E-state index in [4.69, 9.17) is 21.1 Å². The highest BCUT2D eigenvalue weighted by molar-refractivity contribution is 6.30. The molecule has 0 saturated carbocycles. The Labute approximate surface area is 241 Å². The maximum Gasteiger partial charge on any atom is 0.119 e. The summed E-state index contributed by atoms with van der Waals surface area (Å²) in [4.78, 5) is 4.73. The predicted octanol–water partition coefficient (Wildman–Crippen LogP) is 7.85. The smallest absolute Gasteiger partial charge is 0.119 e. The molecular formula is C34H45ClN2O2. The van der Waals surface area contributed by atoms with E-state index in [0.717, 1.165) is 62.2 Å². The van der Waals surface area contributed by atoms with Gasteiger partial charge in [-0.3, -0.25) is 0 Å². The maximum atomic E-state index is 6.13. The van der Waals surface area contributed by atoms with Crippen molar-refractivity contribution in [3.63, 3.8) is 0 Å². The average molecular weight is 549 g/mol. The van der Waals surface area contributed by atoms with E-state index in [0.29, 0.717) is 13.2 Å². The number of nitrogens with zero attached hydrogens (tertiary/aromatic N) is 2. The molecule has 0 aliphatic rings. The van der Waals surface area contributed by atoms with Crippen LogP contribution in [0.5, 0.6) is 11.5 Å². The molecule has 0 aromatic heterocycles. The largest absolute Gasteiger partial charge is 0.492 e. The fourth-order valence-electron chi connectivity index (χ4n) is 4.76. The third-order valence-corrected chi connectivity index (χ3v) is 7.49. The van der Waals surface area contributed by atoms with Crippen LogP contribution < -0.4 is 9.47 Å². The number of allylic oxidation sites excluding steroid dienone is 1. The van der Waals surface area contributed by atoms with Crippen LogP contribution in [0.25, 0.3) is 5.57 Å². The van der Waals surface area contributed by atoms with Crippen LogP contribution in [0.15, 0.2) is 78.4 Å². The van der Waals surface area contributed by atoms with Crippen LogP contribution in [0.2, 0.25) is 5.02 Å². The van der Waals surface area contributed by atoms with E-state index >= 15 is 0 Å². The van der Waals surface area contributed by atoms with Gasteiger partial charge in [0.15, 0.2) is 0 Å². The lowest BCUT2D eigenvalue weighted by atomic mass is 9.90. The highest BCUT2D eigenvalue weighted by Crippen LogP contribution is 2.31. The van der Waals surface area contributed by atoms with Crippen molar-refractivity contribution in [3.8, 4) is 11.5 Å². The molecule has 0 bridgehead atoms. The molecule has 0 atom stereocenters. The summed E-state index contributed by atoms with van der Waals surface area (Å²) in [5, 5.41) is 0.758. The van der Waals surface area contributed by atoms with E-state index in [1.165, 1.54) is 27.8 Å². The Bertz CT molecular complexity index is 1070. The molecule has 210 valence electrons. The van der Waals surface area contributed by atoms with Crippen molar-refractivity contribution in [2.75, 3.05) is 52.5 Å². The molecule has 5 heteroatoms. The first-order valence-corrected chi connectivity index (χ1v) is 14.7. The van der Waals surface area contributed by atoms with Crippen LogP contribution in [-0.4, -0.2) is 62.3 Å². The first kappa shape index (κ1) is 30.7. The van der Waals surface area contributed by atoms with Crippen LogP contribution in [0.1, 0.15) is 51.3 Å². The van der Waals surface area contributed by atoms with Crippen molar-refractivity contribution in [3.05, 3.63) is 100 Å². The van der Waals surface area contributed by atoms with Crippen molar-refractivity contribution < 1.29 is 9.47 Å². The number of rotatable bonds is 16. The third-order valence-electron chi connectivity index (χ3n) is 7.24. The highest BCUT2D eigenvalue weighted by Gasteiger charge is 2.12. The topological polar surface area (TPSA) is 24.9 Å². The van der Waals surface area contributed by atoms with E-state index in [9.17, 15) is 0 Å².